The number of nitrogens with zero attached hydrogens (tertiary/aromatic N) is 4. The minimum Gasteiger partial charge on any atom is -0.497 e. The molecule has 0 spiro atoms. The Kier molecular flexibility index (Phi) is 3.06. The minimum atomic E-state index is 0.511. The third-order valence-electron chi connectivity index (χ3n) is 3.06. The second-order valence-corrected chi connectivity index (χ2v) is 4.58. The number of hydrogen-bond acceptors (Lipinski definition) is 3. The Labute approximate surface area is 119 Å². The second kappa shape index (κ2) is 4.89. The molecule has 3 aromatic rings. The van der Waals surface area contributed by atoms with Crippen molar-refractivity contribution >= 4 is 39.1 Å². The standard InChI is InChI=1S/C14H9ClN4O/c1-20-9-3-5-12-11(7-9)14(15)10-4-2-8(18-19-16)6-13(10)17-12/h2-7H,1H3. The molecular weight excluding hydrogens is 276 g/mol. The molecule has 0 unspecified atom stereocenters. The molecule has 0 saturated carbocycles. The Hall–Kier alpha value is -2.49. The van der Waals surface area contributed by atoms with Gasteiger partial charge in [0.1, 0.15) is 5.75 Å². The first kappa shape index (κ1) is 12.5. The molecule has 5 nitrogen and oxygen atoms in total. The van der Waals surface area contributed by atoms with E-state index in [1.165, 1.54) is 0 Å². The van der Waals surface area contributed by atoms with Gasteiger partial charge in [-0.25, -0.2) is 4.98 Å². The number of fused-ring (bicyclic) bond motifs is 2. The van der Waals surface area contributed by atoms with Crippen LogP contribution in [-0.2, 0) is 0 Å². The number of ether oxygens (including phenoxy) is 1. The average molecular weight is 285 g/mol. The van der Waals surface area contributed by atoms with Gasteiger partial charge in [0.25, 0.3) is 0 Å². The molecule has 6 heteroatoms. The summed E-state index contributed by atoms with van der Waals surface area (Å²) in [4.78, 5) is 7.30. The van der Waals surface area contributed by atoms with Crippen molar-refractivity contribution in [2.24, 2.45) is 5.11 Å². The number of rotatable bonds is 2. The average Bonchev–Trinajstić information content (AvgIpc) is 2.47. The van der Waals surface area contributed by atoms with Crippen LogP contribution in [0.1, 0.15) is 0 Å². The van der Waals surface area contributed by atoms with Crippen LogP contribution in [0.2, 0.25) is 5.02 Å². The number of aromatic nitrogens is 1. The monoisotopic (exact) mass is 284 g/mol. The van der Waals surface area contributed by atoms with Gasteiger partial charge in [-0.1, -0.05) is 28.8 Å². The maximum Gasteiger partial charge on any atom is 0.119 e. The van der Waals surface area contributed by atoms with Crippen LogP contribution in [-0.4, -0.2) is 12.1 Å². The van der Waals surface area contributed by atoms with E-state index in [4.69, 9.17) is 21.9 Å². The molecule has 0 bridgehead atoms. The molecule has 0 atom stereocenters. The summed E-state index contributed by atoms with van der Waals surface area (Å²) < 4.78 is 5.20. The Morgan fingerprint density at radius 3 is 2.75 bits per heavy atom. The third kappa shape index (κ3) is 1.99. The van der Waals surface area contributed by atoms with Crippen LogP contribution in [0.25, 0.3) is 32.2 Å². The van der Waals surface area contributed by atoms with Crippen LogP contribution < -0.4 is 4.74 Å². The van der Waals surface area contributed by atoms with Gasteiger partial charge < -0.3 is 4.74 Å². The summed E-state index contributed by atoms with van der Waals surface area (Å²) in [6.45, 7) is 0. The lowest BCUT2D eigenvalue weighted by molar-refractivity contribution is 0.415. The lowest BCUT2D eigenvalue weighted by Gasteiger charge is -2.07. The van der Waals surface area contributed by atoms with Gasteiger partial charge in [-0.2, -0.15) is 0 Å². The fourth-order valence-electron chi connectivity index (χ4n) is 2.10. The maximum atomic E-state index is 8.47. The zero-order valence-electron chi connectivity index (χ0n) is 10.5. The molecule has 20 heavy (non-hydrogen) atoms. The lowest BCUT2D eigenvalue weighted by atomic mass is 10.1. The van der Waals surface area contributed by atoms with Crippen molar-refractivity contribution in [1.82, 2.24) is 4.98 Å². The predicted octanol–water partition coefficient (Wildman–Crippen LogP) is 4.99. The minimum absolute atomic E-state index is 0.511. The van der Waals surface area contributed by atoms with Gasteiger partial charge in [-0.3, -0.25) is 0 Å². The molecular formula is C14H9ClN4O. The first-order valence-electron chi connectivity index (χ1n) is 5.85. The number of azide groups is 1. The van der Waals surface area contributed by atoms with E-state index >= 15 is 0 Å². The number of benzene rings is 2. The topological polar surface area (TPSA) is 70.9 Å². The first-order chi connectivity index (χ1) is 9.72. The van der Waals surface area contributed by atoms with Crippen LogP contribution in [0, 0.1) is 0 Å². The molecule has 0 fully saturated rings. The molecule has 0 saturated heterocycles. The molecule has 2 aromatic carbocycles. The Balaban J connectivity index is 2.36. The number of pyridine rings is 1. The van der Waals surface area contributed by atoms with Crippen LogP contribution in [0.3, 0.4) is 0 Å². The second-order valence-electron chi connectivity index (χ2n) is 4.20. The van der Waals surface area contributed by atoms with E-state index < -0.39 is 0 Å². The van der Waals surface area contributed by atoms with Gasteiger partial charge in [0.15, 0.2) is 0 Å². The van der Waals surface area contributed by atoms with E-state index in [2.05, 4.69) is 15.0 Å². The summed E-state index contributed by atoms with van der Waals surface area (Å²) in [7, 11) is 1.61. The highest BCUT2D eigenvalue weighted by atomic mass is 35.5. The molecule has 1 heterocycles. The summed E-state index contributed by atoms with van der Waals surface area (Å²) in [5.41, 5.74) is 10.4. The Bertz CT molecular complexity index is 872. The molecule has 3 rings (SSSR count). The molecule has 0 N–H and O–H groups in total. The quantitative estimate of drug-likeness (QED) is 0.288. The smallest absolute Gasteiger partial charge is 0.119 e. The van der Waals surface area contributed by atoms with E-state index in [9.17, 15) is 0 Å². The molecule has 0 amide bonds. The van der Waals surface area contributed by atoms with E-state index in [1.54, 1.807) is 25.3 Å². The highest BCUT2D eigenvalue weighted by Gasteiger charge is 2.08. The van der Waals surface area contributed by atoms with E-state index in [0.29, 0.717) is 16.2 Å². The SMILES string of the molecule is COc1ccc2nc3cc(N=[N+]=[N-])ccc3c(Cl)c2c1. The summed E-state index contributed by atoms with van der Waals surface area (Å²) in [5.74, 6) is 0.728. The van der Waals surface area contributed by atoms with Crippen molar-refractivity contribution in [3.63, 3.8) is 0 Å². The van der Waals surface area contributed by atoms with Crippen LogP contribution in [0.4, 0.5) is 5.69 Å². The lowest BCUT2D eigenvalue weighted by Crippen LogP contribution is -1.87. The highest BCUT2D eigenvalue weighted by molar-refractivity contribution is 6.40. The normalized spacial score (nSPS) is 10.5. The molecule has 98 valence electrons. The maximum absolute atomic E-state index is 8.47. The highest BCUT2D eigenvalue weighted by Crippen LogP contribution is 2.33. The zero-order valence-corrected chi connectivity index (χ0v) is 11.3. The molecule has 0 aliphatic heterocycles. The fraction of sp³-hybridized carbons (Fsp3) is 0.0714. The van der Waals surface area contributed by atoms with Crippen molar-refractivity contribution in [2.75, 3.05) is 7.11 Å². The first-order valence-corrected chi connectivity index (χ1v) is 6.23. The van der Waals surface area contributed by atoms with Crippen molar-refractivity contribution in [3.8, 4) is 5.75 Å². The molecule has 1 aromatic heterocycles. The van der Waals surface area contributed by atoms with Crippen molar-refractivity contribution in [1.29, 1.82) is 0 Å². The van der Waals surface area contributed by atoms with Gasteiger partial charge in [-0.05, 0) is 29.8 Å². The fourth-order valence-corrected chi connectivity index (χ4v) is 2.41. The summed E-state index contributed by atoms with van der Waals surface area (Å²) in [5, 5.41) is 5.82. The van der Waals surface area contributed by atoms with E-state index in [1.807, 2.05) is 18.2 Å². The van der Waals surface area contributed by atoms with Gasteiger partial charge in [0, 0.05) is 21.4 Å². The van der Waals surface area contributed by atoms with E-state index in [-0.39, 0.29) is 0 Å². The van der Waals surface area contributed by atoms with Crippen molar-refractivity contribution in [2.45, 2.75) is 0 Å². The van der Waals surface area contributed by atoms with Gasteiger partial charge in [-0.15, -0.1) is 0 Å². The Morgan fingerprint density at radius 1 is 1.15 bits per heavy atom. The molecule has 0 aliphatic carbocycles. The van der Waals surface area contributed by atoms with E-state index in [0.717, 1.165) is 22.0 Å². The largest absolute Gasteiger partial charge is 0.497 e. The summed E-state index contributed by atoms with van der Waals surface area (Å²) in [6, 6.07) is 10.7. The van der Waals surface area contributed by atoms with Crippen LogP contribution >= 0.6 is 11.6 Å². The Morgan fingerprint density at radius 2 is 2.00 bits per heavy atom. The number of methoxy groups -OCH3 is 1. The predicted molar refractivity (Wildman–Crippen MR) is 79.6 cm³/mol. The van der Waals surface area contributed by atoms with Crippen LogP contribution in [0.15, 0.2) is 41.5 Å². The third-order valence-corrected chi connectivity index (χ3v) is 3.47. The van der Waals surface area contributed by atoms with Crippen LogP contribution in [0.5, 0.6) is 5.75 Å². The molecule has 0 aliphatic rings. The zero-order chi connectivity index (χ0) is 14.1. The van der Waals surface area contributed by atoms with Crippen molar-refractivity contribution in [3.05, 3.63) is 51.9 Å². The van der Waals surface area contributed by atoms with Gasteiger partial charge in [0.05, 0.1) is 23.2 Å². The number of halogens is 1. The van der Waals surface area contributed by atoms with Gasteiger partial charge in [0.2, 0.25) is 0 Å². The van der Waals surface area contributed by atoms with Gasteiger partial charge >= 0.3 is 0 Å². The molecule has 0 radical (unpaired) electrons. The summed E-state index contributed by atoms with van der Waals surface area (Å²) >= 11 is 6.43. The summed E-state index contributed by atoms with van der Waals surface area (Å²) in [6.07, 6.45) is 0. The van der Waals surface area contributed by atoms with Crippen molar-refractivity contribution < 1.29 is 4.74 Å². The number of hydrogen-bond donors (Lipinski definition) is 0.